The number of hydrogen-bond acceptors (Lipinski definition) is 2. The molecule has 0 aromatic heterocycles. The molecule has 0 saturated carbocycles. The molecule has 1 aliphatic rings. The van der Waals surface area contributed by atoms with E-state index >= 15 is 0 Å². The number of anilines is 1. The van der Waals surface area contributed by atoms with Gasteiger partial charge in [0.2, 0.25) is 0 Å². The molecule has 0 amide bonds. The maximum atomic E-state index is 13.5. The number of hydrogen-bond donors (Lipinski definition) is 2. The molecule has 1 atom stereocenters. The van der Waals surface area contributed by atoms with Crippen molar-refractivity contribution in [2.45, 2.75) is 19.4 Å². The summed E-state index contributed by atoms with van der Waals surface area (Å²) in [4.78, 5) is 10.7. The molecule has 1 heterocycles. The van der Waals surface area contributed by atoms with E-state index in [0.29, 0.717) is 16.8 Å². The number of aliphatic carboxylic acids is 1. The summed E-state index contributed by atoms with van der Waals surface area (Å²) in [5, 5.41) is 11.5. The molecule has 0 bridgehead atoms. The minimum Gasteiger partial charge on any atom is -0.480 e. The van der Waals surface area contributed by atoms with E-state index in [4.69, 9.17) is 5.11 Å². The zero-order chi connectivity index (χ0) is 10.3. The van der Waals surface area contributed by atoms with E-state index in [1.807, 2.05) is 0 Å². The van der Waals surface area contributed by atoms with Gasteiger partial charge < -0.3 is 10.4 Å². The number of fused-ring (bicyclic) bond motifs is 1. The first-order chi connectivity index (χ1) is 6.59. The number of carboxylic acids is 1. The highest BCUT2D eigenvalue weighted by Gasteiger charge is 2.28. The highest BCUT2D eigenvalue weighted by molar-refractivity contribution is 5.81. The second-order valence-electron chi connectivity index (χ2n) is 3.46. The smallest absolute Gasteiger partial charge is 0.326 e. The lowest BCUT2D eigenvalue weighted by molar-refractivity contribution is -0.137. The van der Waals surface area contributed by atoms with Crippen LogP contribution in [0.15, 0.2) is 12.1 Å². The van der Waals surface area contributed by atoms with E-state index in [1.165, 1.54) is 0 Å². The van der Waals surface area contributed by atoms with Crippen LogP contribution in [0.1, 0.15) is 11.1 Å². The lowest BCUT2D eigenvalue weighted by Gasteiger charge is -2.03. The summed E-state index contributed by atoms with van der Waals surface area (Å²) in [5.41, 5.74) is 1.63. The SMILES string of the molecule is Cc1ccc2c(c1F)C[C@@H](C(=O)O)N2. The number of carboxylic acid groups (broad SMARTS) is 1. The molecular formula is C10H10FNO2. The summed E-state index contributed by atoms with van der Waals surface area (Å²) in [5.74, 6) is -1.24. The average Bonchev–Trinajstić information content (AvgIpc) is 2.56. The topological polar surface area (TPSA) is 49.3 Å². The monoisotopic (exact) mass is 195 g/mol. The van der Waals surface area contributed by atoms with Gasteiger partial charge in [-0.1, -0.05) is 6.07 Å². The number of aryl methyl sites for hydroxylation is 1. The van der Waals surface area contributed by atoms with Gasteiger partial charge in [-0.3, -0.25) is 0 Å². The first-order valence-corrected chi connectivity index (χ1v) is 4.37. The number of benzene rings is 1. The second kappa shape index (κ2) is 2.97. The van der Waals surface area contributed by atoms with Gasteiger partial charge in [-0.25, -0.2) is 9.18 Å². The summed E-state index contributed by atoms with van der Waals surface area (Å²) in [6.07, 6.45) is 0.220. The molecule has 0 radical (unpaired) electrons. The fourth-order valence-corrected chi connectivity index (χ4v) is 1.67. The normalized spacial score (nSPS) is 18.9. The van der Waals surface area contributed by atoms with Crippen LogP contribution in [0.4, 0.5) is 10.1 Å². The summed E-state index contributed by atoms with van der Waals surface area (Å²) >= 11 is 0. The highest BCUT2D eigenvalue weighted by atomic mass is 19.1. The fraction of sp³-hybridized carbons (Fsp3) is 0.300. The lowest BCUT2D eigenvalue weighted by atomic mass is 10.1. The Balaban J connectivity index is 2.40. The van der Waals surface area contributed by atoms with Crippen LogP contribution >= 0.6 is 0 Å². The van der Waals surface area contributed by atoms with E-state index < -0.39 is 12.0 Å². The van der Waals surface area contributed by atoms with Gasteiger partial charge in [0.25, 0.3) is 0 Å². The molecule has 0 saturated heterocycles. The molecule has 1 aromatic rings. The molecule has 1 aliphatic heterocycles. The fourth-order valence-electron chi connectivity index (χ4n) is 1.67. The van der Waals surface area contributed by atoms with Crippen molar-refractivity contribution >= 4 is 11.7 Å². The van der Waals surface area contributed by atoms with Crippen molar-refractivity contribution in [1.82, 2.24) is 0 Å². The molecule has 0 aliphatic carbocycles. The Morgan fingerprint density at radius 3 is 3.00 bits per heavy atom. The molecule has 74 valence electrons. The number of nitrogens with one attached hydrogen (secondary N) is 1. The Bertz CT molecular complexity index is 403. The summed E-state index contributed by atoms with van der Waals surface area (Å²) < 4.78 is 13.5. The maximum Gasteiger partial charge on any atom is 0.326 e. The van der Waals surface area contributed by atoms with Gasteiger partial charge >= 0.3 is 5.97 Å². The van der Waals surface area contributed by atoms with E-state index in [0.717, 1.165) is 0 Å². The van der Waals surface area contributed by atoms with Crippen LogP contribution in [0.25, 0.3) is 0 Å². The van der Waals surface area contributed by atoms with Gasteiger partial charge in [0, 0.05) is 17.7 Å². The highest BCUT2D eigenvalue weighted by Crippen LogP contribution is 2.29. The molecule has 0 unspecified atom stereocenters. The minimum absolute atomic E-state index is 0.220. The zero-order valence-corrected chi connectivity index (χ0v) is 7.67. The molecule has 0 spiro atoms. The third-order valence-corrected chi connectivity index (χ3v) is 2.47. The molecule has 2 rings (SSSR count). The lowest BCUT2D eigenvalue weighted by Crippen LogP contribution is -2.26. The van der Waals surface area contributed by atoms with Crippen molar-refractivity contribution in [3.8, 4) is 0 Å². The van der Waals surface area contributed by atoms with Gasteiger partial charge in [0.15, 0.2) is 0 Å². The van der Waals surface area contributed by atoms with Crippen LogP contribution in [0.2, 0.25) is 0 Å². The van der Waals surface area contributed by atoms with Gasteiger partial charge in [-0.2, -0.15) is 0 Å². The van der Waals surface area contributed by atoms with Crippen LogP contribution in [0, 0.1) is 12.7 Å². The van der Waals surface area contributed by atoms with Crippen molar-refractivity contribution < 1.29 is 14.3 Å². The van der Waals surface area contributed by atoms with Crippen molar-refractivity contribution in [3.05, 3.63) is 29.1 Å². The van der Waals surface area contributed by atoms with Crippen molar-refractivity contribution in [2.24, 2.45) is 0 Å². The third-order valence-electron chi connectivity index (χ3n) is 2.47. The largest absolute Gasteiger partial charge is 0.480 e. The average molecular weight is 195 g/mol. The van der Waals surface area contributed by atoms with E-state index in [9.17, 15) is 9.18 Å². The zero-order valence-electron chi connectivity index (χ0n) is 7.67. The van der Waals surface area contributed by atoms with Crippen molar-refractivity contribution in [1.29, 1.82) is 0 Å². The Hall–Kier alpha value is -1.58. The van der Waals surface area contributed by atoms with Gasteiger partial charge in [-0.05, 0) is 18.6 Å². The first-order valence-electron chi connectivity index (χ1n) is 4.37. The molecule has 1 aromatic carbocycles. The summed E-state index contributed by atoms with van der Waals surface area (Å²) in [7, 11) is 0. The van der Waals surface area contributed by atoms with Crippen LogP contribution in [0.3, 0.4) is 0 Å². The van der Waals surface area contributed by atoms with E-state index in [-0.39, 0.29) is 12.2 Å². The Morgan fingerprint density at radius 1 is 1.64 bits per heavy atom. The van der Waals surface area contributed by atoms with Crippen LogP contribution in [0.5, 0.6) is 0 Å². The van der Waals surface area contributed by atoms with Crippen molar-refractivity contribution in [3.63, 3.8) is 0 Å². The number of rotatable bonds is 1. The molecule has 2 N–H and O–H groups in total. The molecule has 4 heteroatoms. The maximum absolute atomic E-state index is 13.5. The van der Waals surface area contributed by atoms with E-state index in [2.05, 4.69) is 5.32 Å². The van der Waals surface area contributed by atoms with Crippen LogP contribution in [-0.4, -0.2) is 17.1 Å². The van der Waals surface area contributed by atoms with Crippen molar-refractivity contribution in [2.75, 3.05) is 5.32 Å². The predicted molar refractivity (Wildman–Crippen MR) is 49.9 cm³/mol. The Kier molecular flexibility index (Phi) is 1.91. The minimum atomic E-state index is -0.946. The number of halogens is 1. The van der Waals surface area contributed by atoms with Crippen LogP contribution < -0.4 is 5.32 Å². The first kappa shape index (κ1) is 8.99. The predicted octanol–water partition coefficient (Wildman–Crippen LogP) is 1.56. The van der Waals surface area contributed by atoms with Gasteiger partial charge in [-0.15, -0.1) is 0 Å². The summed E-state index contributed by atoms with van der Waals surface area (Å²) in [6.45, 7) is 1.67. The second-order valence-corrected chi connectivity index (χ2v) is 3.46. The summed E-state index contributed by atoms with van der Waals surface area (Å²) in [6, 6.07) is 2.67. The third kappa shape index (κ3) is 1.23. The van der Waals surface area contributed by atoms with Crippen LogP contribution in [-0.2, 0) is 11.2 Å². The van der Waals surface area contributed by atoms with Gasteiger partial charge in [0.1, 0.15) is 11.9 Å². The Morgan fingerprint density at radius 2 is 2.36 bits per heavy atom. The van der Waals surface area contributed by atoms with E-state index in [1.54, 1.807) is 19.1 Å². The quantitative estimate of drug-likeness (QED) is 0.714. The standard InChI is InChI=1S/C10H10FNO2/c1-5-2-3-7-6(9(5)11)4-8(12-7)10(13)14/h2-3,8,12H,4H2,1H3,(H,13,14)/t8-/m0/s1. The Labute approximate surface area is 80.6 Å². The number of carbonyl (C=O) groups is 1. The molecule has 14 heavy (non-hydrogen) atoms. The van der Waals surface area contributed by atoms with Gasteiger partial charge in [0.05, 0.1) is 0 Å². The molecular weight excluding hydrogens is 185 g/mol. The molecule has 3 nitrogen and oxygen atoms in total. The molecule has 0 fully saturated rings.